The lowest BCUT2D eigenvalue weighted by molar-refractivity contribution is 0.0785. The molecule has 3 aromatic heterocycles. The number of rotatable bonds is 7. The molecule has 4 rings (SSSR count). The van der Waals surface area contributed by atoms with E-state index in [9.17, 15) is 4.79 Å². The number of hydrogen-bond donors (Lipinski definition) is 2. The van der Waals surface area contributed by atoms with Crippen LogP contribution in [0.25, 0.3) is 11.0 Å². The molecule has 0 saturated carbocycles. The summed E-state index contributed by atoms with van der Waals surface area (Å²) in [6.07, 6.45) is 6.00. The number of fused-ring (bicyclic) bond motifs is 2. The van der Waals surface area contributed by atoms with Crippen molar-refractivity contribution < 1.29 is 4.79 Å². The van der Waals surface area contributed by atoms with Gasteiger partial charge >= 0.3 is 0 Å². The number of carbonyl (C=O) groups is 1. The Balaban J connectivity index is 1.60. The van der Waals surface area contributed by atoms with Gasteiger partial charge < -0.3 is 20.1 Å². The van der Waals surface area contributed by atoms with Crippen LogP contribution in [0.4, 0.5) is 11.6 Å². The molecule has 0 saturated heterocycles. The number of halogens is 1. The molecule has 0 aliphatic carbocycles. The van der Waals surface area contributed by atoms with E-state index in [2.05, 4.69) is 51.1 Å². The Labute approximate surface area is 182 Å². The van der Waals surface area contributed by atoms with Crippen molar-refractivity contribution in [3.05, 3.63) is 39.9 Å². The molecule has 9 nitrogen and oxygen atoms in total. The normalized spacial score (nSPS) is 12.6. The topological polar surface area (TPSA) is 102 Å². The lowest BCUT2D eigenvalue weighted by Gasteiger charge is -2.18. The van der Waals surface area contributed by atoms with E-state index < -0.39 is 0 Å². The van der Waals surface area contributed by atoms with E-state index in [1.54, 1.807) is 11.9 Å². The highest BCUT2D eigenvalue weighted by Gasteiger charge is 2.22. The van der Waals surface area contributed by atoms with Crippen LogP contribution >= 0.6 is 15.9 Å². The third kappa shape index (κ3) is 4.05. The molecule has 10 heteroatoms. The van der Waals surface area contributed by atoms with Crippen molar-refractivity contribution in [1.82, 2.24) is 29.7 Å². The molecule has 3 aromatic rings. The summed E-state index contributed by atoms with van der Waals surface area (Å²) in [5.74, 6) is 1.13. The Morgan fingerprint density at radius 1 is 1.23 bits per heavy atom. The fourth-order valence-electron chi connectivity index (χ4n) is 3.33. The number of nitrogens with one attached hydrogen (secondary N) is 2. The molecule has 2 N–H and O–H groups in total. The van der Waals surface area contributed by atoms with E-state index in [1.165, 1.54) is 6.33 Å². The number of pyridine rings is 1. The minimum atomic E-state index is -0.101. The van der Waals surface area contributed by atoms with Crippen molar-refractivity contribution in [2.24, 2.45) is 4.99 Å². The molecule has 1 aliphatic heterocycles. The highest BCUT2D eigenvalue weighted by Crippen LogP contribution is 2.33. The van der Waals surface area contributed by atoms with Crippen LogP contribution in [0.5, 0.6) is 0 Å². The van der Waals surface area contributed by atoms with E-state index >= 15 is 0 Å². The largest absolute Gasteiger partial charge is 0.340 e. The lowest BCUT2D eigenvalue weighted by atomic mass is 10.2. The zero-order valence-electron chi connectivity index (χ0n) is 17.1. The maximum absolute atomic E-state index is 13.0. The van der Waals surface area contributed by atoms with E-state index in [0.29, 0.717) is 45.9 Å². The monoisotopic (exact) mass is 470 g/mol. The van der Waals surface area contributed by atoms with E-state index in [4.69, 9.17) is 0 Å². The third-order valence-corrected chi connectivity index (χ3v) is 5.74. The van der Waals surface area contributed by atoms with Gasteiger partial charge in [-0.2, -0.15) is 0 Å². The minimum absolute atomic E-state index is 0.101. The van der Waals surface area contributed by atoms with Gasteiger partial charge in [0, 0.05) is 37.1 Å². The third-order valence-electron chi connectivity index (χ3n) is 4.95. The standard InChI is InChI=1S/C20H23BrN8O/c1-28(2)5-4-6-29(3)20(30)17-16(21)15-18(24-11-25-19(15)27-17)26-14-7-12-8-22-9-13(12)10-23-14/h7-8,10-11H,4-6,9H2,1-3H3,(H2,23,24,25,26,27). The first kappa shape index (κ1) is 20.4. The second-order valence-electron chi connectivity index (χ2n) is 7.51. The molecular formula is C20H23BrN8O. The Kier molecular flexibility index (Phi) is 5.78. The van der Waals surface area contributed by atoms with E-state index in [1.807, 2.05) is 32.6 Å². The van der Waals surface area contributed by atoms with Crippen molar-refractivity contribution in [3.8, 4) is 0 Å². The smallest absolute Gasteiger partial charge is 0.271 e. The van der Waals surface area contributed by atoms with Gasteiger partial charge in [-0.05, 0) is 49.1 Å². The second kappa shape index (κ2) is 8.49. The maximum Gasteiger partial charge on any atom is 0.271 e. The Hall–Kier alpha value is -2.85. The van der Waals surface area contributed by atoms with Gasteiger partial charge in [0.25, 0.3) is 5.91 Å². The van der Waals surface area contributed by atoms with Crippen LogP contribution in [0, 0.1) is 0 Å². The first-order chi connectivity index (χ1) is 14.4. The van der Waals surface area contributed by atoms with Crippen molar-refractivity contribution >= 4 is 50.7 Å². The van der Waals surface area contributed by atoms with Crippen LogP contribution in [0.15, 0.2) is 28.1 Å². The molecule has 0 aromatic carbocycles. The SMILES string of the molecule is CN(C)CCCN(C)C(=O)c1[nH]c2ncnc(Nc3cc4c(cn3)CN=C4)c2c1Br. The minimum Gasteiger partial charge on any atom is -0.340 e. The van der Waals surface area contributed by atoms with Crippen LogP contribution < -0.4 is 5.32 Å². The van der Waals surface area contributed by atoms with E-state index in [-0.39, 0.29) is 5.91 Å². The zero-order valence-corrected chi connectivity index (χ0v) is 18.7. The van der Waals surface area contributed by atoms with Crippen molar-refractivity contribution in [3.63, 3.8) is 0 Å². The summed E-state index contributed by atoms with van der Waals surface area (Å²) in [5, 5.41) is 3.95. The van der Waals surface area contributed by atoms with Crippen LogP contribution in [-0.2, 0) is 6.54 Å². The average Bonchev–Trinajstić information content (AvgIpc) is 3.31. The Morgan fingerprint density at radius 3 is 2.87 bits per heavy atom. The van der Waals surface area contributed by atoms with Gasteiger partial charge in [-0.3, -0.25) is 9.79 Å². The van der Waals surface area contributed by atoms with E-state index in [0.717, 1.165) is 24.1 Å². The summed E-state index contributed by atoms with van der Waals surface area (Å²) in [6, 6.07) is 1.94. The highest BCUT2D eigenvalue weighted by atomic mass is 79.9. The molecule has 0 fully saturated rings. The zero-order chi connectivity index (χ0) is 21.3. The lowest BCUT2D eigenvalue weighted by Crippen LogP contribution is -2.30. The number of nitrogens with zero attached hydrogens (tertiary/aromatic N) is 6. The van der Waals surface area contributed by atoms with Crippen molar-refractivity contribution in [2.75, 3.05) is 39.5 Å². The van der Waals surface area contributed by atoms with Gasteiger partial charge in [-0.15, -0.1) is 0 Å². The maximum atomic E-state index is 13.0. The Morgan fingerprint density at radius 2 is 2.07 bits per heavy atom. The number of aromatic nitrogens is 4. The predicted octanol–water partition coefficient (Wildman–Crippen LogP) is 2.82. The second-order valence-corrected chi connectivity index (χ2v) is 8.30. The molecule has 1 amide bonds. The fraction of sp³-hybridized carbons (Fsp3) is 0.350. The fourth-order valence-corrected chi connectivity index (χ4v) is 3.97. The quantitative estimate of drug-likeness (QED) is 0.550. The van der Waals surface area contributed by atoms with Crippen molar-refractivity contribution in [2.45, 2.75) is 13.0 Å². The van der Waals surface area contributed by atoms with Crippen LogP contribution in [-0.4, -0.2) is 76.1 Å². The molecule has 156 valence electrons. The summed E-state index contributed by atoms with van der Waals surface area (Å²) in [5.41, 5.74) is 3.17. The van der Waals surface area contributed by atoms with Gasteiger partial charge in [-0.1, -0.05) is 0 Å². The molecule has 0 radical (unpaired) electrons. The van der Waals surface area contributed by atoms with Gasteiger partial charge in [-0.25, -0.2) is 15.0 Å². The predicted molar refractivity (Wildman–Crippen MR) is 121 cm³/mol. The number of anilines is 2. The number of H-pyrrole nitrogens is 1. The first-order valence-electron chi connectivity index (χ1n) is 9.62. The molecule has 0 bridgehead atoms. The number of carbonyl (C=O) groups excluding carboxylic acids is 1. The van der Waals surface area contributed by atoms with Crippen LogP contribution in [0.2, 0.25) is 0 Å². The molecule has 1 aliphatic rings. The summed E-state index contributed by atoms with van der Waals surface area (Å²) < 4.78 is 0.632. The summed E-state index contributed by atoms with van der Waals surface area (Å²) in [7, 11) is 5.84. The van der Waals surface area contributed by atoms with Gasteiger partial charge in [0.05, 0.1) is 16.4 Å². The van der Waals surface area contributed by atoms with Crippen LogP contribution in [0.3, 0.4) is 0 Å². The summed E-state index contributed by atoms with van der Waals surface area (Å²) >= 11 is 3.58. The average molecular weight is 471 g/mol. The van der Waals surface area contributed by atoms with Gasteiger partial charge in [0.1, 0.15) is 29.3 Å². The van der Waals surface area contributed by atoms with Gasteiger partial charge in [0.15, 0.2) is 0 Å². The first-order valence-corrected chi connectivity index (χ1v) is 10.4. The molecule has 0 spiro atoms. The van der Waals surface area contributed by atoms with Gasteiger partial charge in [0.2, 0.25) is 0 Å². The highest BCUT2D eigenvalue weighted by molar-refractivity contribution is 9.10. The number of hydrogen-bond acceptors (Lipinski definition) is 7. The molecule has 0 unspecified atom stereocenters. The summed E-state index contributed by atoms with van der Waals surface area (Å²) in [6.45, 7) is 2.25. The van der Waals surface area contributed by atoms with Crippen molar-refractivity contribution in [1.29, 1.82) is 0 Å². The Bertz CT molecular complexity index is 1120. The number of aromatic amines is 1. The molecular weight excluding hydrogens is 448 g/mol. The molecule has 30 heavy (non-hydrogen) atoms. The summed E-state index contributed by atoms with van der Waals surface area (Å²) in [4.78, 5) is 37.3. The molecule has 0 atom stereocenters. The number of amides is 1. The number of aliphatic imine (C=N–C) groups is 1. The van der Waals surface area contributed by atoms with Crippen LogP contribution in [0.1, 0.15) is 28.0 Å². The molecule has 4 heterocycles.